The van der Waals surface area contributed by atoms with Crippen molar-refractivity contribution in [2.45, 2.75) is 39.7 Å². The first-order valence-corrected chi connectivity index (χ1v) is 7.23. The third-order valence-corrected chi connectivity index (χ3v) is 3.38. The summed E-state index contributed by atoms with van der Waals surface area (Å²) in [6, 6.07) is 6.12. The van der Waals surface area contributed by atoms with Gasteiger partial charge in [-0.25, -0.2) is 9.18 Å². The fraction of sp³-hybridized carbons (Fsp3) is 0.562. The minimum atomic E-state index is -0.273. The van der Waals surface area contributed by atoms with E-state index in [0.29, 0.717) is 24.9 Å². The molecule has 0 heterocycles. The van der Waals surface area contributed by atoms with Gasteiger partial charge in [0.25, 0.3) is 0 Å². The highest BCUT2D eigenvalue weighted by molar-refractivity contribution is 5.74. The van der Waals surface area contributed by atoms with Gasteiger partial charge in [-0.1, -0.05) is 32.0 Å². The number of nitrogens with one attached hydrogen (secondary N) is 2. The predicted molar refractivity (Wildman–Crippen MR) is 81.6 cm³/mol. The maximum Gasteiger partial charge on any atom is 0.315 e. The van der Waals surface area contributed by atoms with Crippen molar-refractivity contribution >= 4 is 6.03 Å². The number of carbonyl (C=O) groups excluding carboxylic acids is 1. The lowest BCUT2D eigenvalue weighted by Crippen LogP contribution is -2.45. The van der Waals surface area contributed by atoms with Gasteiger partial charge in [0.05, 0.1) is 0 Å². The summed E-state index contributed by atoms with van der Waals surface area (Å²) < 4.78 is 13.5. The van der Waals surface area contributed by atoms with Crippen LogP contribution < -0.4 is 10.6 Å². The van der Waals surface area contributed by atoms with Crippen LogP contribution in [-0.4, -0.2) is 30.3 Å². The van der Waals surface area contributed by atoms with E-state index < -0.39 is 0 Å². The standard InChI is InChI=1S/C16H25FN2O2/c1-12(10-13-6-4-5-7-14(13)17)19-15(21)18-11-16(2,3)8-9-20/h4-7,12,20H,8-11H2,1-3H3,(H2,18,19,21). The summed E-state index contributed by atoms with van der Waals surface area (Å²) in [6.07, 6.45) is 1.07. The highest BCUT2D eigenvalue weighted by Gasteiger charge is 2.18. The fourth-order valence-corrected chi connectivity index (χ4v) is 2.03. The summed E-state index contributed by atoms with van der Waals surface area (Å²) in [5.74, 6) is -0.254. The van der Waals surface area contributed by atoms with E-state index in [9.17, 15) is 9.18 Å². The molecule has 0 aromatic heterocycles. The Bertz CT molecular complexity index is 463. The van der Waals surface area contributed by atoms with Gasteiger partial charge in [0.1, 0.15) is 5.82 Å². The van der Waals surface area contributed by atoms with E-state index in [1.165, 1.54) is 6.07 Å². The van der Waals surface area contributed by atoms with Crippen molar-refractivity contribution < 1.29 is 14.3 Å². The van der Waals surface area contributed by atoms with Gasteiger partial charge in [0.15, 0.2) is 0 Å². The molecule has 0 aliphatic carbocycles. The molecule has 0 fully saturated rings. The zero-order valence-corrected chi connectivity index (χ0v) is 12.9. The summed E-state index contributed by atoms with van der Waals surface area (Å²) in [6.45, 7) is 6.37. The maximum absolute atomic E-state index is 13.5. The summed E-state index contributed by atoms with van der Waals surface area (Å²) >= 11 is 0. The Morgan fingerprint density at radius 2 is 2.05 bits per heavy atom. The number of amides is 2. The zero-order chi connectivity index (χ0) is 15.9. The lowest BCUT2D eigenvalue weighted by Gasteiger charge is -2.24. The Labute approximate surface area is 125 Å². The molecule has 0 spiro atoms. The highest BCUT2D eigenvalue weighted by atomic mass is 19.1. The van der Waals surface area contributed by atoms with E-state index in [4.69, 9.17) is 5.11 Å². The molecule has 0 saturated carbocycles. The SMILES string of the molecule is CC(Cc1ccccc1F)NC(=O)NCC(C)(C)CCO. The predicted octanol–water partition coefficient (Wildman–Crippen LogP) is 2.46. The normalized spacial score (nSPS) is 12.8. The molecule has 0 saturated heterocycles. The second kappa shape index (κ2) is 7.98. The average molecular weight is 296 g/mol. The number of rotatable bonds is 7. The van der Waals surface area contributed by atoms with E-state index in [1.54, 1.807) is 18.2 Å². The third-order valence-electron chi connectivity index (χ3n) is 3.38. The first-order valence-electron chi connectivity index (χ1n) is 7.23. The number of halogens is 1. The minimum absolute atomic E-state index is 0.0972. The number of hydrogen-bond acceptors (Lipinski definition) is 2. The molecule has 2 amide bonds. The molecular formula is C16H25FN2O2. The molecule has 1 aromatic rings. The van der Waals surface area contributed by atoms with Crippen molar-refractivity contribution in [3.8, 4) is 0 Å². The fourth-order valence-electron chi connectivity index (χ4n) is 2.03. The molecule has 1 rings (SSSR count). The summed E-state index contributed by atoms with van der Waals surface area (Å²) in [5.41, 5.74) is 0.437. The van der Waals surface area contributed by atoms with Gasteiger partial charge in [-0.05, 0) is 36.8 Å². The van der Waals surface area contributed by atoms with Gasteiger partial charge in [0, 0.05) is 19.2 Å². The smallest absolute Gasteiger partial charge is 0.315 e. The van der Waals surface area contributed by atoms with Gasteiger partial charge in [-0.3, -0.25) is 0 Å². The molecule has 0 aliphatic heterocycles. The van der Waals surface area contributed by atoms with Crippen LogP contribution in [0.4, 0.5) is 9.18 Å². The third kappa shape index (κ3) is 6.58. The van der Waals surface area contributed by atoms with E-state index in [2.05, 4.69) is 10.6 Å². The zero-order valence-electron chi connectivity index (χ0n) is 12.9. The first-order chi connectivity index (χ1) is 9.84. The van der Waals surface area contributed by atoms with E-state index in [0.717, 1.165) is 0 Å². The van der Waals surface area contributed by atoms with Crippen molar-refractivity contribution in [2.75, 3.05) is 13.2 Å². The van der Waals surface area contributed by atoms with Crippen LogP contribution in [0, 0.1) is 11.2 Å². The van der Waals surface area contributed by atoms with Gasteiger partial charge >= 0.3 is 6.03 Å². The van der Waals surface area contributed by atoms with E-state index in [-0.39, 0.29) is 29.9 Å². The second-order valence-electron chi connectivity index (χ2n) is 6.16. The van der Waals surface area contributed by atoms with Crippen LogP contribution in [0.15, 0.2) is 24.3 Å². The topological polar surface area (TPSA) is 61.4 Å². The van der Waals surface area contributed by atoms with Gasteiger partial charge in [0.2, 0.25) is 0 Å². The lowest BCUT2D eigenvalue weighted by atomic mass is 9.90. The van der Waals surface area contributed by atoms with Crippen LogP contribution >= 0.6 is 0 Å². The summed E-state index contributed by atoms with van der Waals surface area (Å²) in [5, 5.41) is 14.5. The quantitative estimate of drug-likeness (QED) is 0.724. The Kier molecular flexibility index (Phi) is 6.62. The van der Waals surface area contributed by atoms with Gasteiger partial charge in [-0.15, -0.1) is 0 Å². The van der Waals surface area contributed by atoms with E-state index >= 15 is 0 Å². The minimum Gasteiger partial charge on any atom is -0.396 e. The molecule has 1 atom stereocenters. The molecule has 4 nitrogen and oxygen atoms in total. The van der Waals surface area contributed by atoms with Gasteiger partial charge in [-0.2, -0.15) is 0 Å². The summed E-state index contributed by atoms with van der Waals surface area (Å²) in [7, 11) is 0. The largest absolute Gasteiger partial charge is 0.396 e. The molecule has 21 heavy (non-hydrogen) atoms. The van der Waals surface area contributed by atoms with Crippen LogP contribution in [0.3, 0.4) is 0 Å². The molecule has 1 unspecified atom stereocenters. The Morgan fingerprint density at radius 3 is 2.67 bits per heavy atom. The first kappa shape index (κ1) is 17.4. The van der Waals surface area contributed by atoms with Crippen LogP contribution in [-0.2, 0) is 6.42 Å². The molecule has 118 valence electrons. The number of aliphatic hydroxyl groups excluding tert-OH is 1. The van der Waals surface area contributed by atoms with Crippen molar-refractivity contribution in [1.82, 2.24) is 10.6 Å². The summed E-state index contributed by atoms with van der Waals surface area (Å²) in [4.78, 5) is 11.8. The number of urea groups is 1. The van der Waals surface area contributed by atoms with Crippen molar-refractivity contribution in [3.05, 3.63) is 35.6 Å². The second-order valence-corrected chi connectivity index (χ2v) is 6.16. The Hall–Kier alpha value is -1.62. The van der Waals surface area contributed by atoms with Crippen molar-refractivity contribution in [2.24, 2.45) is 5.41 Å². The molecule has 0 bridgehead atoms. The lowest BCUT2D eigenvalue weighted by molar-refractivity contribution is 0.200. The maximum atomic E-state index is 13.5. The molecule has 0 aliphatic rings. The Morgan fingerprint density at radius 1 is 1.38 bits per heavy atom. The molecule has 1 aromatic carbocycles. The van der Waals surface area contributed by atoms with Crippen LogP contribution in [0.2, 0.25) is 0 Å². The van der Waals surface area contributed by atoms with Crippen LogP contribution in [0.25, 0.3) is 0 Å². The van der Waals surface area contributed by atoms with Crippen LogP contribution in [0.5, 0.6) is 0 Å². The molecular weight excluding hydrogens is 271 g/mol. The average Bonchev–Trinajstić information content (AvgIpc) is 2.39. The molecule has 5 heteroatoms. The Balaban J connectivity index is 2.39. The number of aliphatic hydroxyl groups is 1. The van der Waals surface area contributed by atoms with E-state index in [1.807, 2.05) is 20.8 Å². The number of carbonyl (C=O) groups is 1. The molecule has 3 N–H and O–H groups in total. The highest BCUT2D eigenvalue weighted by Crippen LogP contribution is 2.17. The molecule has 0 radical (unpaired) electrons. The van der Waals surface area contributed by atoms with Crippen molar-refractivity contribution in [3.63, 3.8) is 0 Å². The van der Waals surface area contributed by atoms with Gasteiger partial charge < -0.3 is 15.7 Å². The monoisotopic (exact) mass is 296 g/mol. The van der Waals surface area contributed by atoms with Crippen LogP contribution in [0.1, 0.15) is 32.8 Å². The van der Waals surface area contributed by atoms with Crippen molar-refractivity contribution in [1.29, 1.82) is 0 Å². The number of hydrogen-bond donors (Lipinski definition) is 3. The number of benzene rings is 1.